The summed E-state index contributed by atoms with van der Waals surface area (Å²) in [6, 6.07) is 0.373. The number of carbonyl (C=O) groups is 2. The van der Waals surface area contributed by atoms with E-state index in [1.165, 1.54) is 12.4 Å². The summed E-state index contributed by atoms with van der Waals surface area (Å²) in [6.45, 7) is 3.59. The zero-order valence-electron chi connectivity index (χ0n) is 16.0. The minimum atomic E-state index is -0.499. The number of likely N-dealkylation sites (tertiary alicyclic amines) is 2. The topological polar surface area (TPSA) is 102 Å². The van der Waals surface area contributed by atoms with E-state index in [9.17, 15) is 9.59 Å². The number of amides is 2. The molecule has 0 saturated carbocycles. The standard InChI is InChI=1S/C19H29N5O3/c1-27-12-6-19(18(20)26)5-2-9-24(14-19)15-3-10-23(11-4-15)17(25)16-13-21-7-8-22-16/h7-8,13,15H,2-6,9-12,14H2,1H3,(H2,20,26). The average Bonchev–Trinajstić information content (AvgIpc) is 2.72. The lowest BCUT2D eigenvalue weighted by atomic mass is 9.76. The number of primary amides is 1. The summed E-state index contributed by atoms with van der Waals surface area (Å²) in [5.41, 5.74) is 5.66. The van der Waals surface area contributed by atoms with Crippen LogP contribution in [0.25, 0.3) is 0 Å². The summed E-state index contributed by atoms with van der Waals surface area (Å²) in [7, 11) is 1.65. The Morgan fingerprint density at radius 3 is 2.70 bits per heavy atom. The molecule has 1 aromatic heterocycles. The number of aromatic nitrogens is 2. The van der Waals surface area contributed by atoms with Crippen LogP contribution in [0, 0.1) is 5.41 Å². The van der Waals surface area contributed by atoms with Crippen molar-refractivity contribution in [2.24, 2.45) is 11.1 Å². The van der Waals surface area contributed by atoms with Crippen molar-refractivity contribution in [3.8, 4) is 0 Å². The third-order valence-electron chi connectivity index (χ3n) is 5.96. The number of piperidine rings is 2. The van der Waals surface area contributed by atoms with E-state index < -0.39 is 5.41 Å². The Labute approximate surface area is 160 Å². The lowest BCUT2D eigenvalue weighted by Crippen LogP contribution is -2.56. The highest BCUT2D eigenvalue weighted by atomic mass is 16.5. The molecule has 1 unspecified atom stereocenters. The zero-order chi connectivity index (χ0) is 19.3. The molecule has 8 nitrogen and oxygen atoms in total. The van der Waals surface area contributed by atoms with Gasteiger partial charge in [-0.05, 0) is 38.6 Å². The fraction of sp³-hybridized carbons (Fsp3) is 0.684. The van der Waals surface area contributed by atoms with Crippen LogP contribution < -0.4 is 5.73 Å². The molecular weight excluding hydrogens is 346 g/mol. The second kappa shape index (κ2) is 8.75. The Morgan fingerprint density at radius 1 is 1.30 bits per heavy atom. The molecule has 27 heavy (non-hydrogen) atoms. The number of nitrogens with zero attached hydrogens (tertiary/aromatic N) is 4. The molecule has 0 spiro atoms. The van der Waals surface area contributed by atoms with Crippen molar-refractivity contribution in [1.29, 1.82) is 0 Å². The molecule has 1 atom stereocenters. The Morgan fingerprint density at radius 2 is 2.07 bits per heavy atom. The normalized spacial score (nSPS) is 24.7. The lowest BCUT2D eigenvalue weighted by molar-refractivity contribution is -0.133. The predicted molar refractivity (Wildman–Crippen MR) is 99.9 cm³/mol. The number of nitrogens with two attached hydrogens (primary N) is 1. The van der Waals surface area contributed by atoms with E-state index >= 15 is 0 Å². The number of hydrogen-bond donors (Lipinski definition) is 1. The number of ether oxygens (including phenoxy) is 1. The van der Waals surface area contributed by atoms with Gasteiger partial charge < -0.3 is 15.4 Å². The summed E-state index contributed by atoms with van der Waals surface area (Å²) in [6.07, 6.45) is 8.86. The molecule has 2 aliphatic rings. The number of rotatable bonds is 6. The second-order valence-electron chi connectivity index (χ2n) is 7.58. The smallest absolute Gasteiger partial charge is 0.274 e. The molecule has 3 heterocycles. The van der Waals surface area contributed by atoms with Gasteiger partial charge in [0.1, 0.15) is 5.69 Å². The molecule has 2 amide bonds. The Balaban J connectivity index is 1.59. The summed E-state index contributed by atoms with van der Waals surface area (Å²) in [5, 5.41) is 0. The van der Waals surface area contributed by atoms with E-state index in [4.69, 9.17) is 10.5 Å². The summed E-state index contributed by atoms with van der Waals surface area (Å²) >= 11 is 0. The highest BCUT2D eigenvalue weighted by molar-refractivity contribution is 5.92. The third kappa shape index (κ3) is 4.44. The summed E-state index contributed by atoms with van der Waals surface area (Å²) in [4.78, 5) is 37.0. The first-order valence-corrected chi connectivity index (χ1v) is 9.64. The Hall–Kier alpha value is -2.06. The molecule has 0 aromatic carbocycles. The fourth-order valence-electron chi connectivity index (χ4n) is 4.31. The van der Waals surface area contributed by atoms with Gasteiger partial charge in [-0.3, -0.25) is 19.5 Å². The summed E-state index contributed by atoms with van der Waals surface area (Å²) in [5.74, 6) is -0.286. The van der Waals surface area contributed by atoms with Crippen LogP contribution >= 0.6 is 0 Å². The SMILES string of the molecule is COCCC1(C(N)=O)CCCN(C2CCN(C(=O)c3cnccn3)CC2)C1. The van der Waals surface area contributed by atoms with Crippen LogP contribution in [0.3, 0.4) is 0 Å². The first kappa shape index (κ1) is 19.7. The molecule has 3 rings (SSSR count). The van der Waals surface area contributed by atoms with Crippen LogP contribution in [0.4, 0.5) is 0 Å². The molecule has 0 aliphatic carbocycles. The highest BCUT2D eigenvalue weighted by Crippen LogP contribution is 2.35. The third-order valence-corrected chi connectivity index (χ3v) is 5.96. The maximum Gasteiger partial charge on any atom is 0.274 e. The van der Waals surface area contributed by atoms with Gasteiger partial charge >= 0.3 is 0 Å². The monoisotopic (exact) mass is 375 g/mol. The molecule has 2 N–H and O–H groups in total. The van der Waals surface area contributed by atoms with Gasteiger partial charge in [0.15, 0.2) is 0 Å². The van der Waals surface area contributed by atoms with Crippen LogP contribution in [-0.4, -0.2) is 77.5 Å². The number of carbonyl (C=O) groups excluding carboxylic acids is 2. The molecule has 1 aromatic rings. The molecule has 8 heteroatoms. The quantitative estimate of drug-likeness (QED) is 0.785. The van der Waals surface area contributed by atoms with Gasteiger partial charge in [-0.1, -0.05) is 0 Å². The van der Waals surface area contributed by atoms with E-state index in [0.29, 0.717) is 44.4 Å². The Bertz CT molecular complexity index is 648. The van der Waals surface area contributed by atoms with Crippen molar-refractivity contribution in [1.82, 2.24) is 19.8 Å². The van der Waals surface area contributed by atoms with Crippen molar-refractivity contribution in [2.75, 3.05) is 39.9 Å². The van der Waals surface area contributed by atoms with Crippen LogP contribution in [0.2, 0.25) is 0 Å². The average molecular weight is 375 g/mol. The molecular formula is C19H29N5O3. The maximum atomic E-state index is 12.5. The van der Waals surface area contributed by atoms with E-state index in [1.807, 2.05) is 4.90 Å². The highest BCUT2D eigenvalue weighted by Gasteiger charge is 2.42. The molecule has 2 aliphatic heterocycles. The fourth-order valence-corrected chi connectivity index (χ4v) is 4.31. The number of methoxy groups -OCH3 is 1. The van der Waals surface area contributed by atoms with Gasteiger partial charge in [-0.25, -0.2) is 4.98 Å². The van der Waals surface area contributed by atoms with Gasteiger partial charge in [0.05, 0.1) is 11.6 Å². The van der Waals surface area contributed by atoms with E-state index in [1.54, 1.807) is 13.3 Å². The second-order valence-corrected chi connectivity index (χ2v) is 7.58. The van der Waals surface area contributed by atoms with Crippen LogP contribution in [0.5, 0.6) is 0 Å². The summed E-state index contributed by atoms with van der Waals surface area (Å²) < 4.78 is 5.20. The minimum Gasteiger partial charge on any atom is -0.385 e. The first-order valence-electron chi connectivity index (χ1n) is 9.64. The first-order chi connectivity index (χ1) is 13.1. The molecule has 2 saturated heterocycles. The lowest BCUT2D eigenvalue weighted by Gasteiger charge is -2.46. The molecule has 0 bridgehead atoms. The molecule has 0 radical (unpaired) electrons. The van der Waals surface area contributed by atoms with Crippen LogP contribution in [0.1, 0.15) is 42.6 Å². The van der Waals surface area contributed by atoms with Gasteiger partial charge in [0.25, 0.3) is 5.91 Å². The molecule has 148 valence electrons. The van der Waals surface area contributed by atoms with E-state index in [2.05, 4.69) is 14.9 Å². The van der Waals surface area contributed by atoms with Gasteiger partial charge in [0.2, 0.25) is 5.91 Å². The molecule has 2 fully saturated rings. The largest absolute Gasteiger partial charge is 0.385 e. The number of hydrogen-bond acceptors (Lipinski definition) is 6. The van der Waals surface area contributed by atoms with Crippen molar-refractivity contribution in [3.05, 3.63) is 24.3 Å². The van der Waals surface area contributed by atoms with E-state index in [0.717, 1.165) is 32.2 Å². The zero-order valence-corrected chi connectivity index (χ0v) is 16.0. The van der Waals surface area contributed by atoms with Crippen LogP contribution in [-0.2, 0) is 9.53 Å². The predicted octanol–water partition coefficient (Wildman–Crippen LogP) is 0.685. The van der Waals surface area contributed by atoms with Crippen molar-refractivity contribution in [3.63, 3.8) is 0 Å². The maximum absolute atomic E-state index is 12.5. The van der Waals surface area contributed by atoms with E-state index in [-0.39, 0.29) is 11.8 Å². The van der Waals surface area contributed by atoms with Crippen molar-refractivity contribution in [2.45, 2.75) is 38.1 Å². The van der Waals surface area contributed by atoms with Gasteiger partial charge in [-0.2, -0.15) is 0 Å². The van der Waals surface area contributed by atoms with Gasteiger partial charge in [0, 0.05) is 51.8 Å². The van der Waals surface area contributed by atoms with Crippen molar-refractivity contribution >= 4 is 11.8 Å². The van der Waals surface area contributed by atoms with Crippen molar-refractivity contribution < 1.29 is 14.3 Å². The van der Waals surface area contributed by atoms with Gasteiger partial charge in [-0.15, -0.1) is 0 Å². The Kier molecular flexibility index (Phi) is 6.38. The van der Waals surface area contributed by atoms with Crippen LogP contribution in [0.15, 0.2) is 18.6 Å². The minimum absolute atomic E-state index is 0.0632.